The van der Waals surface area contributed by atoms with Gasteiger partial charge in [0.15, 0.2) is 0 Å². The lowest BCUT2D eigenvalue weighted by molar-refractivity contribution is 0.398. The van der Waals surface area contributed by atoms with Crippen LogP contribution in [0.2, 0.25) is 0 Å². The molecule has 0 bridgehead atoms. The van der Waals surface area contributed by atoms with Gasteiger partial charge in [0.2, 0.25) is 5.88 Å². The second-order valence-electron chi connectivity index (χ2n) is 4.28. The minimum absolute atomic E-state index is 0.643. The highest BCUT2D eigenvalue weighted by atomic mass is 16.5. The summed E-state index contributed by atoms with van der Waals surface area (Å²) in [6.07, 6.45) is 1.78. The number of hydrogen-bond donors (Lipinski definition) is 1. The highest BCUT2D eigenvalue weighted by Crippen LogP contribution is 2.26. The molecule has 18 heavy (non-hydrogen) atoms. The van der Waals surface area contributed by atoms with Gasteiger partial charge in [-0.15, -0.1) is 0 Å². The fourth-order valence-corrected chi connectivity index (χ4v) is 1.99. The van der Waals surface area contributed by atoms with E-state index in [0.717, 1.165) is 12.1 Å². The molecule has 0 saturated heterocycles. The molecule has 0 aliphatic heterocycles. The van der Waals surface area contributed by atoms with Gasteiger partial charge in [-0.2, -0.15) is 0 Å². The number of rotatable bonds is 4. The molecular formula is C15H18N2O. The van der Waals surface area contributed by atoms with Crippen LogP contribution in [-0.4, -0.2) is 19.1 Å². The Bertz CT molecular complexity index is 538. The topological polar surface area (TPSA) is 34.2 Å². The van der Waals surface area contributed by atoms with Gasteiger partial charge in [-0.25, -0.2) is 4.98 Å². The van der Waals surface area contributed by atoms with Crippen LogP contribution in [0.3, 0.4) is 0 Å². The van der Waals surface area contributed by atoms with Crippen molar-refractivity contribution >= 4 is 0 Å². The summed E-state index contributed by atoms with van der Waals surface area (Å²) in [5, 5.41) is 3.20. The van der Waals surface area contributed by atoms with Crippen molar-refractivity contribution in [3.8, 4) is 17.0 Å². The number of nitrogens with zero attached hydrogens (tertiary/aromatic N) is 1. The van der Waals surface area contributed by atoms with E-state index in [0.29, 0.717) is 5.88 Å². The maximum absolute atomic E-state index is 5.18. The summed E-state index contributed by atoms with van der Waals surface area (Å²) in [6, 6.07) is 10.5. The SMILES string of the molecule is CNCc1ccc(C)cc1-c1ccnc(OC)c1. The Kier molecular flexibility index (Phi) is 3.95. The number of hydrogen-bond acceptors (Lipinski definition) is 3. The molecule has 0 radical (unpaired) electrons. The molecule has 3 nitrogen and oxygen atoms in total. The van der Waals surface area contributed by atoms with E-state index in [9.17, 15) is 0 Å². The molecular weight excluding hydrogens is 224 g/mol. The zero-order valence-electron chi connectivity index (χ0n) is 11.0. The van der Waals surface area contributed by atoms with E-state index in [1.165, 1.54) is 16.7 Å². The highest BCUT2D eigenvalue weighted by molar-refractivity contribution is 5.68. The molecule has 1 aromatic heterocycles. The van der Waals surface area contributed by atoms with Crippen LogP contribution in [0.4, 0.5) is 0 Å². The average Bonchev–Trinajstić information content (AvgIpc) is 2.41. The molecule has 0 amide bonds. The van der Waals surface area contributed by atoms with E-state index >= 15 is 0 Å². The zero-order chi connectivity index (χ0) is 13.0. The zero-order valence-corrected chi connectivity index (χ0v) is 11.0. The number of aryl methyl sites for hydroxylation is 1. The lowest BCUT2D eigenvalue weighted by Gasteiger charge is -2.11. The van der Waals surface area contributed by atoms with Gasteiger partial charge in [-0.3, -0.25) is 0 Å². The summed E-state index contributed by atoms with van der Waals surface area (Å²) in [5.41, 5.74) is 4.89. The maximum Gasteiger partial charge on any atom is 0.213 e. The lowest BCUT2D eigenvalue weighted by Crippen LogP contribution is -2.06. The standard InChI is InChI=1S/C15H18N2O/c1-11-4-5-13(10-16-2)14(8-11)12-6-7-17-15(9-12)18-3/h4-9,16H,10H2,1-3H3. The fourth-order valence-electron chi connectivity index (χ4n) is 1.99. The second-order valence-corrected chi connectivity index (χ2v) is 4.28. The summed E-state index contributed by atoms with van der Waals surface area (Å²) in [4.78, 5) is 4.14. The fraction of sp³-hybridized carbons (Fsp3) is 0.267. The summed E-state index contributed by atoms with van der Waals surface area (Å²) in [5.74, 6) is 0.643. The highest BCUT2D eigenvalue weighted by Gasteiger charge is 2.06. The van der Waals surface area contributed by atoms with Gasteiger partial charge >= 0.3 is 0 Å². The number of ether oxygens (including phenoxy) is 1. The number of nitrogens with one attached hydrogen (secondary N) is 1. The van der Waals surface area contributed by atoms with E-state index < -0.39 is 0 Å². The molecule has 0 aliphatic carbocycles. The number of pyridine rings is 1. The van der Waals surface area contributed by atoms with Gasteiger partial charge in [-0.1, -0.05) is 23.8 Å². The first kappa shape index (κ1) is 12.6. The van der Waals surface area contributed by atoms with Crippen molar-refractivity contribution < 1.29 is 4.74 Å². The van der Waals surface area contributed by atoms with Gasteiger partial charge < -0.3 is 10.1 Å². The molecule has 2 rings (SSSR count). The van der Waals surface area contributed by atoms with Gasteiger partial charge in [0, 0.05) is 18.8 Å². The third kappa shape index (κ3) is 2.68. The number of benzene rings is 1. The van der Waals surface area contributed by atoms with E-state index in [-0.39, 0.29) is 0 Å². The minimum Gasteiger partial charge on any atom is -0.481 e. The van der Waals surface area contributed by atoms with Crippen LogP contribution in [-0.2, 0) is 6.54 Å². The molecule has 1 heterocycles. The van der Waals surface area contributed by atoms with Gasteiger partial charge in [0.05, 0.1) is 7.11 Å². The predicted molar refractivity (Wildman–Crippen MR) is 73.7 cm³/mol. The van der Waals surface area contributed by atoms with Crippen molar-refractivity contribution in [1.82, 2.24) is 10.3 Å². The molecule has 2 aromatic rings. The van der Waals surface area contributed by atoms with Crippen molar-refractivity contribution in [1.29, 1.82) is 0 Å². The van der Waals surface area contributed by atoms with Crippen LogP contribution in [0, 0.1) is 6.92 Å². The Balaban J connectivity index is 2.50. The first-order valence-corrected chi connectivity index (χ1v) is 5.99. The first-order valence-electron chi connectivity index (χ1n) is 5.99. The molecule has 0 saturated carbocycles. The first-order chi connectivity index (χ1) is 8.74. The van der Waals surface area contributed by atoms with E-state index in [2.05, 4.69) is 35.4 Å². The number of aromatic nitrogens is 1. The average molecular weight is 242 g/mol. The smallest absolute Gasteiger partial charge is 0.213 e. The van der Waals surface area contributed by atoms with Crippen molar-refractivity contribution in [2.24, 2.45) is 0 Å². The third-order valence-electron chi connectivity index (χ3n) is 2.89. The van der Waals surface area contributed by atoms with Crippen LogP contribution >= 0.6 is 0 Å². The Morgan fingerprint density at radius 1 is 1.22 bits per heavy atom. The van der Waals surface area contributed by atoms with E-state index in [4.69, 9.17) is 4.74 Å². The molecule has 0 fully saturated rings. The Morgan fingerprint density at radius 3 is 2.78 bits per heavy atom. The molecule has 1 aromatic carbocycles. The Morgan fingerprint density at radius 2 is 2.06 bits per heavy atom. The van der Waals surface area contributed by atoms with Crippen LogP contribution in [0.1, 0.15) is 11.1 Å². The summed E-state index contributed by atoms with van der Waals surface area (Å²) in [7, 11) is 3.59. The molecule has 1 N–H and O–H groups in total. The van der Waals surface area contributed by atoms with Gasteiger partial charge in [0.25, 0.3) is 0 Å². The van der Waals surface area contributed by atoms with Gasteiger partial charge in [-0.05, 0) is 36.7 Å². The van der Waals surface area contributed by atoms with Gasteiger partial charge in [0.1, 0.15) is 0 Å². The molecule has 0 spiro atoms. The molecule has 0 aliphatic rings. The van der Waals surface area contributed by atoms with Crippen LogP contribution in [0.5, 0.6) is 5.88 Å². The Hall–Kier alpha value is -1.87. The van der Waals surface area contributed by atoms with Crippen molar-refractivity contribution in [2.45, 2.75) is 13.5 Å². The van der Waals surface area contributed by atoms with Crippen molar-refractivity contribution in [3.05, 3.63) is 47.7 Å². The quantitative estimate of drug-likeness (QED) is 0.895. The summed E-state index contributed by atoms with van der Waals surface area (Å²) < 4.78 is 5.18. The maximum atomic E-state index is 5.18. The third-order valence-corrected chi connectivity index (χ3v) is 2.89. The summed E-state index contributed by atoms with van der Waals surface area (Å²) >= 11 is 0. The molecule has 3 heteroatoms. The normalized spacial score (nSPS) is 10.4. The van der Waals surface area contributed by atoms with E-state index in [1.807, 2.05) is 19.2 Å². The molecule has 94 valence electrons. The monoisotopic (exact) mass is 242 g/mol. The van der Waals surface area contributed by atoms with Crippen LogP contribution in [0.25, 0.3) is 11.1 Å². The summed E-state index contributed by atoms with van der Waals surface area (Å²) in [6.45, 7) is 2.95. The lowest BCUT2D eigenvalue weighted by atomic mass is 9.98. The van der Waals surface area contributed by atoms with E-state index in [1.54, 1.807) is 13.3 Å². The van der Waals surface area contributed by atoms with Crippen molar-refractivity contribution in [3.63, 3.8) is 0 Å². The van der Waals surface area contributed by atoms with Crippen LogP contribution < -0.4 is 10.1 Å². The largest absolute Gasteiger partial charge is 0.481 e. The minimum atomic E-state index is 0.643. The molecule has 0 atom stereocenters. The predicted octanol–water partition coefficient (Wildman–Crippen LogP) is 2.79. The van der Waals surface area contributed by atoms with Crippen LogP contribution in [0.15, 0.2) is 36.5 Å². The van der Waals surface area contributed by atoms with Crippen molar-refractivity contribution in [2.75, 3.05) is 14.2 Å². The molecule has 0 unspecified atom stereocenters. The second kappa shape index (κ2) is 5.65. The Labute approximate surface area is 108 Å². The number of methoxy groups -OCH3 is 1.